The molecule has 0 radical (unpaired) electrons. The van der Waals surface area contributed by atoms with Gasteiger partial charge in [0, 0.05) is 0 Å². The van der Waals surface area contributed by atoms with E-state index in [1.807, 2.05) is 24.5 Å². The third-order valence-corrected chi connectivity index (χ3v) is 2.97. The van der Waals surface area contributed by atoms with Crippen LogP contribution in [0.2, 0.25) is 0 Å². The lowest BCUT2D eigenvalue weighted by Gasteiger charge is -2.34. The zero-order valence-electron chi connectivity index (χ0n) is 11.9. The molecule has 3 N–H and O–H groups in total. The number of carbonyl (C=O) groups excluding carboxylic acids is 3. The molecule has 0 aromatic carbocycles. The summed E-state index contributed by atoms with van der Waals surface area (Å²) in [6, 6.07) is -0.986. The molecule has 20 heavy (non-hydrogen) atoms. The number of allylic oxidation sites excluding steroid dienone is 1. The summed E-state index contributed by atoms with van der Waals surface area (Å²) in [4.78, 5) is 45.6. The minimum atomic E-state index is -2.22. The fraction of sp³-hybridized carbons (Fsp3) is 0.538. The summed E-state index contributed by atoms with van der Waals surface area (Å²) >= 11 is 0. The quantitative estimate of drug-likeness (QED) is 0.527. The zero-order chi connectivity index (χ0) is 15.9. The van der Waals surface area contributed by atoms with E-state index in [1.165, 1.54) is 6.92 Å². The molecule has 0 spiro atoms. The minimum Gasteiger partial charge on any atom is -0.480 e. The Balaban J connectivity index is 0.00000110. The van der Waals surface area contributed by atoms with Crippen LogP contribution in [0.3, 0.4) is 0 Å². The number of hydrogen-bond donors (Lipinski definition) is 3. The van der Waals surface area contributed by atoms with E-state index in [9.17, 15) is 24.3 Å². The van der Waals surface area contributed by atoms with Gasteiger partial charge in [0.05, 0.1) is 0 Å². The molecule has 7 heteroatoms. The van der Waals surface area contributed by atoms with Crippen LogP contribution in [0.1, 0.15) is 33.6 Å². The van der Waals surface area contributed by atoms with E-state index < -0.39 is 35.1 Å². The highest BCUT2D eigenvalue weighted by molar-refractivity contribution is 6.29. The number of carboxylic acid groups (broad SMARTS) is 1. The van der Waals surface area contributed by atoms with E-state index in [1.54, 1.807) is 6.08 Å². The zero-order valence-corrected chi connectivity index (χ0v) is 11.9. The Morgan fingerprint density at radius 2 is 1.75 bits per heavy atom. The summed E-state index contributed by atoms with van der Waals surface area (Å²) < 4.78 is 0. The second-order valence-corrected chi connectivity index (χ2v) is 4.45. The Labute approximate surface area is 117 Å². The van der Waals surface area contributed by atoms with Gasteiger partial charge in [0.25, 0.3) is 11.8 Å². The summed E-state index contributed by atoms with van der Waals surface area (Å²) in [5.74, 6) is -4.38. The number of urea groups is 1. The standard InChI is InChI=1S/C10H14N2O5.C3H6/c1-3-4-5(2)10(8(15)16)6(13)11-9(17)12-7(10)14;1-3-2/h5H,3-4H2,1-2H3,(H,15,16)(H2,11,12,13,14,17);3H,1H2,2H3. The number of rotatable bonds is 4. The molecule has 1 saturated heterocycles. The lowest BCUT2D eigenvalue weighted by atomic mass is 9.71. The van der Waals surface area contributed by atoms with Crippen molar-refractivity contribution in [2.45, 2.75) is 33.6 Å². The molecule has 4 amide bonds. The van der Waals surface area contributed by atoms with E-state index >= 15 is 0 Å². The first-order valence-electron chi connectivity index (χ1n) is 6.26. The van der Waals surface area contributed by atoms with Gasteiger partial charge in [-0.3, -0.25) is 25.0 Å². The second kappa shape index (κ2) is 7.42. The lowest BCUT2D eigenvalue weighted by molar-refractivity contribution is -0.166. The van der Waals surface area contributed by atoms with E-state index in [0.717, 1.165) is 0 Å². The molecule has 1 fully saturated rings. The van der Waals surface area contributed by atoms with Crippen LogP contribution in [-0.2, 0) is 14.4 Å². The number of hydrogen-bond acceptors (Lipinski definition) is 4. The first kappa shape index (κ1) is 17.8. The Bertz CT molecular complexity index is 410. The van der Waals surface area contributed by atoms with Crippen molar-refractivity contribution in [2.24, 2.45) is 11.3 Å². The number of carbonyl (C=O) groups is 4. The number of aliphatic carboxylic acids is 1. The van der Waals surface area contributed by atoms with Gasteiger partial charge < -0.3 is 5.11 Å². The number of nitrogens with one attached hydrogen (secondary N) is 2. The Hall–Kier alpha value is -2.18. The molecule has 0 aromatic rings. The van der Waals surface area contributed by atoms with Gasteiger partial charge in [0.2, 0.25) is 5.41 Å². The van der Waals surface area contributed by atoms with Crippen molar-refractivity contribution in [3.05, 3.63) is 12.7 Å². The van der Waals surface area contributed by atoms with Crippen LogP contribution in [0.5, 0.6) is 0 Å². The Morgan fingerprint density at radius 1 is 1.35 bits per heavy atom. The molecule has 0 saturated carbocycles. The second-order valence-electron chi connectivity index (χ2n) is 4.45. The van der Waals surface area contributed by atoms with Gasteiger partial charge in [0.15, 0.2) is 0 Å². The van der Waals surface area contributed by atoms with Gasteiger partial charge in [-0.25, -0.2) is 4.79 Å². The SMILES string of the molecule is C=CC.CCCC(C)C1(C(=O)O)C(=O)NC(=O)NC1=O. The molecule has 0 aromatic heterocycles. The number of imide groups is 2. The van der Waals surface area contributed by atoms with Crippen molar-refractivity contribution in [1.29, 1.82) is 0 Å². The molecular weight excluding hydrogens is 264 g/mol. The maximum atomic E-state index is 11.7. The maximum Gasteiger partial charge on any atom is 0.329 e. The van der Waals surface area contributed by atoms with Gasteiger partial charge in [-0.1, -0.05) is 26.3 Å². The van der Waals surface area contributed by atoms with Crippen LogP contribution in [0, 0.1) is 11.3 Å². The predicted molar refractivity (Wildman–Crippen MR) is 71.7 cm³/mol. The molecule has 1 aliphatic rings. The van der Waals surface area contributed by atoms with Crippen molar-refractivity contribution in [1.82, 2.24) is 10.6 Å². The summed E-state index contributed by atoms with van der Waals surface area (Å²) in [7, 11) is 0. The van der Waals surface area contributed by atoms with Crippen LogP contribution in [-0.4, -0.2) is 28.9 Å². The largest absolute Gasteiger partial charge is 0.480 e. The average molecular weight is 284 g/mol. The van der Waals surface area contributed by atoms with E-state index in [0.29, 0.717) is 12.8 Å². The Morgan fingerprint density at radius 3 is 2.05 bits per heavy atom. The third-order valence-electron chi connectivity index (χ3n) is 2.97. The maximum absolute atomic E-state index is 11.7. The highest BCUT2D eigenvalue weighted by Crippen LogP contribution is 2.33. The van der Waals surface area contributed by atoms with Gasteiger partial charge in [-0.05, 0) is 19.3 Å². The highest BCUT2D eigenvalue weighted by atomic mass is 16.4. The third kappa shape index (κ3) is 3.23. The van der Waals surface area contributed by atoms with Crippen LogP contribution < -0.4 is 10.6 Å². The van der Waals surface area contributed by atoms with Crippen molar-refractivity contribution in [3.63, 3.8) is 0 Å². The summed E-state index contributed by atoms with van der Waals surface area (Å²) in [5, 5.41) is 12.8. The van der Waals surface area contributed by atoms with Crippen molar-refractivity contribution in [3.8, 4) is 0 Å². The minimum absolute atomic E-state index is 0.390. The van der Waals surface area contributed by atoms with Gasteiger partial charge in [0.1, 0.15) is 0 Å². The predicted octanol–water partition coefficient (Wildman–Crippen LogP) is 1.05. The Kier molecular flexibility index (Phi) is 6.61. The normalized spacial score (nSPS) is 18.1. The molecular formula is C13H20N2O5. The van der Waals surface area contributed by atoms with E-state index in [2.05, 4.69) is 6.58 Å². The average Bonchev–Trinajstić information content (AvgIpc) is 2.28. The van der Waals surface area contributed by atoms with Crippen LogP contribution >= 0.6 is 0 Å². The number of carboxylic acids is 1. The lowest BCUT2D eigenvalue weighted by Crippen LogP contribution is -2.67. The molecule has 1 unspecified atom stereocenters. The summed E-state index contributed by atoms with van der Waals surface area (Å²) in [6.07, 6.45) is 2.77. The van der Waals surface area contributed by atoms with Gasteiger partial charge in [-0.2, -0.15) is 0 Å². The molecule has 0 bridgehead atoms. The van der Waals surface area contributed by atoms with Gasteiger partial charge in [-0.15, -0.1) is 6.58 Å². The molecule has 1 heterocycles. The van der Waals surface area contributed by atoms with Crippen molar-refractivity contribution >= 4 is 23.8 Å². The molecule has 112 valence electrons. The smallest absolute Gasteiger partial charge is 0.329 e. The van der Waals surface area contributed by atoms with Crippen LogP contribution in [0.25, 0.3) is 0 Å². The first-order valence-corrected chi connectivity index (χ1v) is 6.26. The van der Waals surface area contributed by atoms with Crippen molar-refractivity contribution in [2.75, 3.05) is 0 Å². The molecule has 1 rings (SSSR count). The van der Waals surface area contributed by atoms with E-state index in [-0.39, 0.29) is 0 Å². The van der Waals surface area contributed by atoms with Crippen LogP contribution in [0.15, 0.2) is 12.7 Å². The van der Waals surface area contributed by atoms with Gasteiger partial charge >= 0.3 is 12.0 Å². The summed E-state index contributed by atoms with van der Waals surface area (Å²) in [5.41, 5.74) is -2.22. The topological polar surface area (TPSA) is 113 Å². The molecule has 1 atom stereocenters. The monoisotopic (exact) mass is 284 g/mol. The fourth-order valence-electron chi connectivity index (χ4n) is 2.04. The number of barbiturate groups is 1. The first-order chi connectivity index (χ1) is 9.28. The molecule has 0 aliphatic carbocycles. The molecule has 7 nitrogen and oxygen atoms in total. The van der Waals surface area contributed by atoms with E-state index in [4.69, 9.17) is 0 Å². The van der Waals surface area contributed by atoms with Crippen molar-refractivity contribution < 1.29 is 24.3 Å². The van der Waals surface area contributed by atoms with Crippen LogP contribution in [0.4, 0.5) is 4.79 Å². The molecule has 1 aliphatic heterocycles. The fourth-order valence-corrected chi connectivity index (χ4v) is 2.04. The number of amides is 4. The summed E-state index contributed by atoms with van der Waals surface area (Å²) in [6.45, 7) is 8.57. The highest BCUT2D eigenvalue weighted by Gasteiger charge is 2.60.